The molecule has 0 radical (unpaired) electrons. The van der Waals surface area contributed by atoms with E-state index in [1.807, 2.05) is 13.8 Å². The summed E-state index contributed by atoms with van der Waals surface area (Å²) in [7, 11) is 0. The highest BCUT2D eigenvalue weighted by atomic mass is 16.4. The molecule has 0 aliphatic carbocycles. The van der Waals surface area contributed by atoms with Gasteiger partial charge in [0.2, 0.25) is 0 Å². The summed E-state index contributed by atoms with van der Waals surface area (Å²) in [5.74, 6) is -1.91. The van der Waals surface area contributed by atoms with E-state index in [1.54, 1.807) is 20.8 Å². The van der Waals surface area contributed by atoms with Gasteiger partial charge in [0.25, 0.3) is 0 Å². The number of carboxylic acids is 2. The smallest absolute Gasteiger partial charge is 0.309 e. The zero-order chi connectivity index (χ0) is 15.4. The van der Waals surface area contributed by atoms with Gasteiger partial charge in [0.05, 0.1) is 11.3 Å². The molecule has 0 aromatic heterocycles. The lowest BCUT2D eigenvalue weighted by Gasteiger charge is -2.28. The fourth-order valence-electron chi connectivity index (χ4n) is 2.25. The first-order chi connectivity index (χ1) is 8.49. The van der Waals surface area contributed by atoms with E-state index in [-0.39, 0.29) is 11.8 Å². The van der Waals surface area contributed by atoms with Crippen LogP contribution in [0.4, 0.5) is 0 Å². The summed E-state index contributed by atoms with van der Waals surface area (Å²) >= 11 is 0. The largest absolute Gasteiger partial charge is 0.481 e. The first kappa shape index (κ1) is 17.7. The average Bonchev–Trinajstić information content (AvgIpc) is 2.26. The van der Waals surface area contributed by atoms with E-state index < -0.39 is 23.3 Å². The number of aliphatic carboxylic acids is 2. The van der Waals surface area contributed by atoms with Crippen LogP contribution in [0.1, 0.15) is 47.5 Å². The van der Waals surface area contributed by atoms with Crippen LogP contribution in [0.3, 0.4) is 0 Å². The van der Waals surface area contributed by atoms with Crippen LogP contribution in [-0.4, -0.2) is 22.2 Å². The SMILES string of the molecule is C=C(C(C)CC(C)C(=O)O)C(C)CC(C)(C)C(=O)O. The molecule has 4 heteroatoms. The van der Waals surface area contributed by atoms with Crippen molar-refractivity contribution in [2.24, 2.45) is 23.2 Å². The molecule has 0 heterocycles. The minimum absolute atomic E-state index is 0.0575. The Balaban J connectivity index is 4.57. The molecular weight excluding hydrogens is 244 g/mol. The Morgan fingerprint density at radius 2 is 1.53 bits per heavy atom. The van der Waals surface area contributed by atoms with Crippen LogP contribution in [0.25, 0.3) is 0 Å². The third kappa shape index (κ3) is 5.45. The summed E-state index contributed by atoms with van der Waals surface area (Å²) < 4.78 is 0. The van der Waals surface area contributed by atoms with Crippen LogP contribution in [0, 0.1) is 23.2 Å². The van der Waals surface area contributed by atoms with Crippen molar-refractivity contribution in [3.63, 3.8) is 0 Å². The Morgan fingerprint density at radius 1 is 1.05 bits per heavy atom. The summed E-state index contributed by atoms with van der Waals surface area (Å²) in [5.41, 5.74) is 0.142. The zero-order valence-electron chi connectivity index (χ0n) is 12.6. The molecule has 0 spiro atoms. The lowest BCUT2D eigenvalue weighted by Crippen LogP contribution is -2.27. The van der Waals surface area contributed by atoms with Crippen molar-refractivity contribution < 1.29 is 19.8 Å². The van der Waals surface area contributed by atoms with Crippen LogP contribution in [0.5, 0.6) is 0 Å². The van der Waals surface area contributed by atoms with Gasteiger partial charge in [0.1, 0.15) is 0 Å². The first-order valence-electron chi connectivity index (χ1n) is 6.64. The van der Waals surface area contributed by atoms with Gasteiger partial charge in [-0.05, 0) is 38.5 Å². The molecule has 0 amide bonds. The van der Waals surface area contributed by atoms with Gasteiger partial charge in [-0.15, -0.1) is 0 Å². The van der Waals surface area contributed by atoms with Crippen molar-refractivity contribution in [2.45, 2.75) is 47.5 Å². The predicted molar refractivity (Wildman–Crippen MR) is 74.9 cm³/mol. The number of carboxylic acid groups (broad SMARTS) is 2. The van der Waals surface area contributed by atoms with Crippen molar-refractivity contribution >= 4 is 11.9 Å². The number of hydrogen-bond acceptors (Lipinski definition) is 2. The number of allylic oxidation sites excluding steroid dienone is 1. The van der Waals surface area contributed by atoms with Crippen LogP contribution in [-0.2, 0) is 9.59 Å². The van der Waals surface area contributed by atoms with Gasteiger partial charge >= 0.3 is 11.9 Å². The Bertz CT molecular complexity index is 357. The highest BCUT2D eigenvalue weighted by molar-refractivity contribution is 5.73. The van der Waals surface area contributed by atoms with E-state index in [1.165, 1.54) is 0 Å². The molecule has 0 saturated heterocycles. The molecule has 0 bridgehead atoms. The molecule has 0 aromatic carbocycles. The lowest BCUT2D eigenvalue weighted by atomic mass is 9.77. The number of hydrogen-bond donors (Lipinski definition) is 2. The molecular formula is C15H26O4. The standard InChI is InChI=1S/C15H26O4/c1-9(7-10(2)13(16)17)12(4)11(3)8-15(5,6)14(18)19/h9-11H,4,7-8H2,1-3,5-6H3,(H,16,17)(H,18,19). The van der Waals surface area contributed by atoms with Crippen LogP contribution >= 0.6 is 0 Å². The predicted octanol–water partition coefficient (Wildman–Crippen LogP) is 3.43. The zero-order valence-corrected chi connectivity index (χ0v) is 12.6. The van der Waals surface area contributed by atoms with Gasteiger partial charge in [0, 0.05) is 0 Å². The highest BCUT2D eigenvalue weighted by Crippen LogP contribution is 2.33. The Morgan fingerprint density at radius 3 is 1.89 bits per heavy atom. The molecule has 3 unspecified atom stereocenters. The number of rotatable bonds is 8. The minimum atomic E-state index is -0.821. The number of carbonyl (C=O) groups is 2. The van der Waals surface area contributed by atoms with Crippen molar-refractivity contribution in [3.8, 4) is 0 Å². The van der Waals surface area contributed by atoms with Crippen LogP contribution < -0.4 is 0 Å². The molecule has 0 rings (SSSR count). The normalized spacial score (nSPS) is 16.5. The summed E-state index contributed by atoms with van der Waals surface area (Å²) in [6, 6.07) is 0. The Kier molecular flexibility index (Phi) is 6.27. The molecule has 19 heavy (non-hydrogen) atoms. The third-order valence-electron chi connectivity index (χ3n) is 3.79. The van der Waals surface area contributed by atoms with Gasteiger partial charge < -0.3 is 10.2 Å². The fraction of sp³-hybridized carbons (Fsp3) is 0.733. The van der Waals surface area contributed by atoms with Gasteiger partial charge in [-0.2, -0.15) is 0 Å². The Labute approximate surface area is 115 Å². The maximum atomic E-state index is 11.1. The lowest BCUT2D eigenvalue weighted by molar-refractivity contribution is -0.147. The van der Waals surface area contributed by atoms with Crippen molar-refractivity contribution in [1.82, 2.24) is 0 Å². The van der Waals surface area contributed by atoms with Crippen LogP contribution in [0.2, 0.25) is 0 Å². The second-order valence-corrected chi connectivity index (χ2v) is 6.25. The van der Waals surface area contributed by atoms with E-state index >= 15 is 0 Å². The summed E-state index contributed by atoms with van der Waals surface area (Å²) in [6.45, 7) is 13.0. The molecule has 0 aromatic rings. The molecule has 110 valence electrons. The molecule has 2 N–H and O–H groups in total. The van der Waals surface area contributed by atoms with Gasteiger partial charge in [-0.1, -0.05) is 32.9 Å². The second-order valence-electron chi connectivity index (χ2n) is 6.25. The van der Waals surface area contributed by atoms with Crippen molar-refractivity contribution in [2.75, 3.05) is 0 Å². The van der Waals surface area contributed by atoms with E-state index in [2.05, 4.69) is 6.58 Å². The van der Waals surface area contributed by atoms with E-state index in [0.29, 0.717) is 12.8 Å². The minimum Gasteiger partial charge on any atom is -0.481 e. The van der Waals surface area contributed by atoms with E-state index in [9.17, 15) is 9.59 Å². The monoisotopic (exact) mass is 270 g/mol. The van der Waals surface area contributed by atoms with Gasteiger partial charge in [0.15, 0.2) is 0 Å². The quantitative estimate of drug-likeness (QED) is 0.663. The molecule has 0 aliphatic heterocycles. The van der Waals surface area contributed by atoms with E-state index in [0.717, 1.165) is 5.57 Å². The molecule has 0 saturated carbocycles. The Hall–Kier alpha value is -1.32. The topological polar surface area (TPSA) is 74.6 Å². The highest BCUT2D eigenvalue weighted by Gasteiger charge is 2.31. The summed E-state index contributed by atoms with van der Waals surface area (Å²) in [4.78, 5) is 21.9. The van der Waals surface area contributed by atoms with Gasteiger partial charge in [-0.25, -0.2) is 0 Å². The summed E-state index contributed by atoms with van der Waals surface area (Å²) in [5, 5.41) is 18.0. The van der Waals surface area contributed by atoms with Crippen molar-refractivity contribution in [1.29, 1.82) is 0 Å². The molecule has 4 nitrogen and oxygen atoms in total. The maximum absolute atomic E-state index is 11.1. The third-order valence-corrected chi connectivity index (χ3v) is 3.79. The summed E-state index contributed by atoms with van der Waals surface area (Å²) in [6.07, 6.45) is 1.04. The average molecular weight is 270 g/mol. The first-order valence-corrected chi connectivity index (χ1v) is 6.64. The second kappa shape index (κ2) is 6.73. The molecule has 0 aliphatic rings. The van der Waals surface area contributed by atoms with E-state index in [4.69, 9.17) is 10.2 Å². The molecule has 0 fully saturated rings. The van der Waals surface area contributed by atoms with Crippen molar-refractivity contribution in [3.05, 3.63) is 12.2 Å². The fourth-order valence-corrected chi connectivity index (χ4v) is 2.25. The molecule has 3 atom stereocenters. The van der Waals surface area contributed by atoms with Gasteiger partial charge in [-0.3, -0.25) is 9.59 Å². The van der Waals surface area contributed by atoms with Crippen LogP contribution in [0.15, 0.2) is 12.2 Å². The maximum Gasteiger partial charge on any atom is 0.309 e.